The van der Waals surface area contributed by atoms with Crippen molar-refractivity contribution in [3.8, 4) is 6.07 Å². The third-order valence-electron chi connectivity index (χ3n) is 4.00. The van der Waals surface area contributed by atoms with Crippen LogP contribution >= 0.6 is 23.1 Å². The topological polar surface area (TPSA) is 105 Å². The van der Waals surface area contributed by atoms with Crippen molar-refractivity contribution in [2.45, 2.75) is 44.4 Å². The molecule has 0 aliphatic rings. The number of carbonyl (C=O) groups is 2. The molecule has 0 aliphatic carbocycles. The molecule has 0 saturated carbocycles. The van der Waals surface area contributed by atoms with E-state index < -0.39 is 23.5 Å². The van der Waals surface area contributed by atoms with E-state index >= 15 is 0 Å². The van der Waals surface area contributed by atoms with Crippen LogP contribution in [0.1, 0.15) is 27.7 Å². The first-order valence-corrected chi connectivity index (χ1v) is 9.87. The molecule has 7 nitrogen and oxygen atoms in total. The van der Waals surface area contributed by atoms with E-state index in [1.54, 1.807) is 6.92 Å². The van der Waals surface area contributed by atoms with Gasteiger partial charge in [-0.25, -0.2) is 9.97 Å². The molecule has 0 unspecified atom stereocenters. The number of esters is 1. The number of fused-ring (bicyclic) bond motifs is 1. The fourth-order valence-electron chi connectivity index (χ4n) is 1.95. The number of carbonyl (C=O) groups excluding carboxylic acids is 2. The summed E-state index contributed by atoms with van der Waals surface area (Å²) in [6.07, 6.45) is 0.470. The zero-order valence-electron chi connectivity index (χ0n) is 15.0. The first-order valence-electron chi connectivity index (χ1n) is 8.00. The third-order valence-corrected chi connectivity index (χ3v) is 5.80. The van der Waals surface area contributed by atoms with Crippen molar-refractivity contribution in [2.75, 3.05) is 5.75 Å². The van der Waals surface area contributed by atoms with Crippen molar-refractivity contribution in [3.63, 3.8) is 0 Å². The van der Waals surface area contributed by atoms with Gasteiger partial charge in [0.05, 0.1) is 11.8 Å². The largest absolute Gasteiger partial charge is 0.452 e. The number of thiophene rings is 1. The highest BCUT2D eigenvalue weighted by Gasteiger charge is 2.32. The van der Waals surface area contributed by atoms with E-state index in [1.807, 2.05) is 25.3 Å². The number of rotatable bonds is 7. The Labute approximate surface area is 160 Å². The molecule has 0 fully saturated rings. The molecular weight excluding hydrogens is 372 g/mol. The molecule has 0 aromatic carbocycles. The molecule has 0 saturated heterocycles. The summed E-state index contributed by atoms with van der Waals surface area (Å²) in [6, 6.07) is 3.99. The lowest BCUT2D eigenvalue weighted by Crippen LogP contribution is -2.52. The van der Waals surface area contributed by atoms with Crippen LogP contribution in [-0.2, 0) is 14.3 Å². The molecule has 26 heavy (non-hydrogen) atoms. The van der Waals surface area contributed by atoms with Gasteiger partial charge in [0, 0.05) is 5.39 Å². The molecule has 2 aromatic heterocycles. The summed E-state index contributed by atoms with van der Waals surface area (Å²) >= 11 is 2.74. The Hall–Kier alpha value is -2.18. The van der Waals surface area contributed by atoms with Crippen molar-refractivity contribution < 1.29 is 14.3 Å². The Bertz CT molecular complexity index is 846. The second-order valence-electron chi connectivity index (χ2n) is 6.20. The molecule has 0 radical (unpaired) electrons. The number of ether oxygens (including phenoxy) is 1. The highest BCUT2D eigenvalue weighted by molar-refractivity contribution is 8.00. The van der Waals surface area contributed by atoms with Crippen LogP contribution in [0.5, 0.6) is 0 Å². The van der Waals surface area contributed by atoms with Crippen LogP contribution < -0.4 is 5.32 Å². The Morgan fingerprint density at radius 3 is 2.81 bits per heavy atom. The minimum atomic E-state index is -1.02. The van der Waals surface area contributed by atoms with E-state index in [1.165, 1.54) is 36.3 Å². The van der Waals surface area contributed by atoms with Crippen LogP contribution in [0, 0.1) is 17.2 Å². The van der Waals surface area contributed by atoms with Gasteiger partial charge in [0.15, 0.2) is 6.10 Å². The lowest BCUT2D eigenvalue weighted by atomic mass is 9.90. The molecule has 0 aliphatic heterocycles. The normalized spacial score (nSPS) is 14.5. The summed E-state index contributed by atoms with van der Waals surface area (Å²) in [4.78, 5) is 33.4. The summed E-state index contributed by atoms with van der Waals surface area (Å²) in [5.41, 5.74) is -1.02. The maximum Gasteiger partial charge on any atom is 0.317 e. The number of thioether (sulfide) groups is 1. The highest BCUT2D eigenvalue weighted by atomic mass is 32.2. The predicted octanol–water partition coefficient (Wildman–Crippen LogP) is 2.77. The molecule has 2 rings (SSSR count). The summed E-state index contributed by atoms with van der Waals surface area (Å²) in [5, 5.41) is 15.4. The average molecular weight is 393 g/mol. The quantitative estimate of drug-likeness (QED) is 0.439. The first kappa shape index (κ1) is 20.1. The van der Waals surface area contributed by atoms with Crippen LogP contribution in [0.25, 0.3) is 10.2 Å². The van der Waals surface area contributed by atoms with E-state index in [0.717, 1.165) is 10.2 Å². The van der Waals surface area contributed by atoms with Gasteiger partial charge in [-0.3, -0.25) is 9.59 Å². The van der Waals surface area contributed by atoms with Crippen molar-refractivity contribution in [3.05, 3.63) is 17.8 Å². The molecule has 0 spiro atoms. The fourth-order valence-corrected chi connectivity index (χ4v) is 3.52. The van der Waals surface area contributed by atoms with Gasteiger partial charge in [0.1, 0.15) is 21.7 Å². The fraction of sp³-hybridized carbons (Fsp3) is 0.471. The van der Waals surface area contributed by atoms with Crippen molar-refractivity contribution in [2.24, 2.45) is 5.92 Å². The van der Waals surface area contributed by atoms with E-state index in [4.69, 9.17) is 4.74 Å². The monoisotopic (exact) mass is 392 g/mol. The van der Waals surface area contributed by atoms with Gasteiger partial charge in [0.25, 0.3) is 5.91 Å². The maximum absolute atomic E-state index is 12.2. The molecule has 9 heteroatoms. The zero-order valence-corrected chi connectivity index (χ0v) is 16.6. The highest BCUT2D eigenvalue weighted by Crippen LogP contribution is 2.27. The summed E-state index contributed by atoms with van der Waals surface area (Å²) in [5.74, 6) is -1.08. The van der Waals surface area contributed by atoms with Crippen molar-refractivity contribution in [1.29, 1.82) is 5.26 Å². The zero-order chi connectivity index (χ0) is 19.3. The molecule has 2 heterocycles. The van der Waals surface area contributed by atoms with Gasteiger partial charge in [-0.15, -0.1) is 11.3 Å². The van der Waals surface area contributed by atoms with E-state index in [-0.39, 0.29) is 11.7 Å². The second-order valence-corrected chi connectivity index (χ2v) is 8.06. The van der Waals surface area contributed by atoms with Gasteiger partial charge in [0.2, 0.25) is 0 Å². The smallest absolute Gasteiger partial charge is 0.317 e. The van der Waals surface area contributed by atoms with Crippen LogP contribution in [0.2, 0.25) is 0 Å². The number of hydrogen-bond donors (Lipinski definition) is 1. The Morgan fingerprint density at radius 1 is 1.42 bits per heavy atom. The van der Waals surface area contributed by atoms with Gasteiger partial charge in [-0.1, -0.05) is 25.6 Å². The van der Waals surface area contributed by atoms with Crippen LogP contribution in [-0.4, -0.2) is 39.2 Å². The van der Waals surface area contributed by atoms with E-state index in [0.29, 0.717) is 5.03 Å². The molecule has 2 atom stereocenters. The van der Waals surface area contributed by atoms with E-state index in [2.05, 4.69) is 21.4 Å². The summed E-state index contributed by atoms with van der Waals surface area (Å²) in [7, 11) is 0. The van der Waals surface area contributed by atoms with Gasteiger partial charge in [-0.2, -0.15) is 5.26 Å². The SMILES string of the molecule is CC(C)[C@](C)(C#N)NC(=O)[C@@H](C)OC(=O)CSc1ncnc2sccc12. The Morgan fingerprint density at radius 2 is 2.15 bits per heavy atom. The van der Waals surface area contributed by atoms with Crippen LogP contribution in [0.15, 0.2) is 22.8 Å². The Balaban J connectivity index is 1.90. The number of nitrogens with one attached hydrogen (secondary N) is 1. The number of nitriles is 1. The number of aromatic nitrogens is 2. The Kier molecular flexibility index (Phi) is 6.56. The molecule has 1 amide bonds. The molecule has 2 aromatic rings. The average Bonchev–Trinajstić information content (AvgIpc) is 3.08. The van der Waals surface area contributed by atoms with E-state index in [9.17, 15) is 14.9 Å². The lowest BCUT2D eigenvalue weighted by molar-refractivity contribution is -0.152. The molecule has 1 N–H and O–H groups in total. The number of hydrogen-bond acceptors (Lipinski definition) is 8. The second kappa shape index (κ2) is 8.47. The third kappa shape index (κ3) is 4.71. The summed E-state index contributed by atoms with van der Waals surface area (Å²) in [6.45, 7) is 6.80. The van der Waals surface area contributed by atoms with Gasteiger partial charge >= 0.3 is 5.97 Å². The van der Waals surface area contributed by atoms with Crippen molar-refractivity contribution >= 4 is 45.2 Å². The number of nitrogens with zero attached hydrogens (tertiary/aromatic N) is 3. The lowest BCUT2D eigenvalue weighted by Gasteiger charge is -2.28. The van der Waals surface area contributed by atoms with Crippen LogP contribution in [0.3, 0.4) is 0 Å². The minimum absolute atomic E-state index is 0.0271. The molecule has 0 bridgehead atoms. The first-order chi connectivity index (χ1) is 12.3. The van der Waals surface area contributed by atoms with Gasteiger partial charge in [-0.05, 0) is 31.2 Å². The molecular formula is C17H20N4O3S2. The standard InChI is InChI=1S/C17H20N4O3S2/c1-10(2)17(4,8-18)21-14(23)11(3)24-13(22)7-26-16-12-5-6-25-15(12)19-9-20-16/h5-6,9-11H,7H2,1-4H3,(H,21,23)/t11-,17+/m1/s1. The maximum atomic E-state index is 12.2. The van der Waals surface area contributed by atoms with Crippen LogP contribution in [0.4, 0.5) is 0 Å². The van der Waals surface area contributed by atoms with Gasteiger partial charge < -0.3 is 10.1 Å². The number of amides is 1. The molecule has 138 valence electrons. The predicted molar refractivity (Wildman–Crippen MR) is 101 cm³/mol. The summed E-state index contributed by atoms with van der Waals surface area (Å²) < 4.78 is 5.18. The minimum Gasteiger partial charge on any atom is -0.452 e. The van der Waals surface area contributed by atoms with Crippen molar-refractivity contribution in [1.82, 2.24) is 15.3 Å².